The highest BCUT2D eigenvalue weighted by Gasteiger charge is 2.55. The lowest BCUT2D eigenvalue weighted by molar-refractivity contribution is -0.832. The maximum atomic E-state index is 12.6. The minimum absolute atomic E-state index is 0.433. The van der Waals surface area contributed by atoms with Crippen LogP contribution in [0, 0.1) is 5.21 Å². The lowest BCUT2D eigenvalue weighted by Gasteiger charge is -2.21. The molecule has 1 aromatic carbocycles. The van der Waals surface area contributed by atoms with E-state index in [1.807, 2.05) is 0 Å². The summed E-state index contributed by atoms with van der Waals surface area (Å²) in [5.41, 5.74) is -3.46. The Balaban J connectivity index is 2.63. The quantitative estimate of drug-likeness (QED) is 0.355. The van der Waals surface area contributed by atoms with E-state index in [9.17, 15) is 28.0 Å². The van der Waals surface area contributed by atoms with Crippen LogP contribution in [-0.4, -0.2) is 52.4 Å². The summed E-state index contributed by atoms with van der Waals surface area (Å²) >= 11 is 0. The number of ether oxygens (including phenoxy) is 1. The van der Waals surface area contributed by atoms with Crippen molar-refractivity contribution in [3.05, 3.63) is 35.5 Å². The highest BCUT2D eigenvalue weighted by Crippen LogP contribution is 2.29. The van der Waals surface area contributed by atoms with Crippen molar-refractivity contribution in [2.45, 2.75) is 21.9 Å². The number of hydrogen-bond donors (Lipinski definition) is 3. The third kappa shape index (κ3) is 3.50. The summed E-state index contributed by atoms with van der Waals surface area (Å²) in [7, 11) is -4.67. The van der Waals surface area contributed by atoms with Gasteiger partial charge in [-0.1, -0.05) is 18.2 Å². The summed E-state index contributed by atoms with van der Waals surface area (Å²) in [4.78, 5) is 32.6. The van der Waals surface area contributed by atoms with Crippen molar-refractivity contribution in [2.75, 3.05) is 0 Å². The maximum Gasteiger partial charge on any atom is 0.416 e. The minimum Gasteiger partial charge on any atom is -0.481 e. The van der Waals surface area contributed by atoms with Crippen LogP contribution in [0.15, 0.2) is 44.9 Å². The number of carboxylic acids is 3. The molecule has 0 saturated carbocycles. The van der Waals surface area contributed by atoms with Crippen LogP contribution in [0.2, 0.25) is 0 Å². The zero-order chi connectivity index (χ0) is 20.4. The topological polar surface area (TPSA) is 208 Å². The number of hydrogen-bond acceptors (Lipinski definition) is 9. The lowest BCUT2D eigenvalue weighted by Crippen LogP contribution is -2.53. The van der Waals surface area contributed by atoms with Gasteiger partial charge in [-0.15, -0.1) is 0 Å². The Hall–Kier alpha value is -3.68. The van der Waals surface area contributed by atoms with Gasteiger partial charge in [0.05, 0.1) is 10.1 Å². The zero-order valence-corrected chi connectivity index (χ0v) is 13.8. The molecular weight excluding hydrogens is 392 g/mol. The van der Waals surface area contributed by atoms with E-state index < -0.39 is 60.5 Å². The van der Waals surface area contributed by atoms with Crippen LogP contribution in [-0.2, 0) is 24.2 Å². The van der Waals surface area contributed by atoms with Crippen LogP contribution < -0.4 is 9.64 Å². The first-order valence-corrected chi connectivity index (χ1v) is 8.28. The molecule has 0 saturated heterocycles. The van der Waals surface area contributed by atoms with E-state index in [0.29, 0.717) is 0 Å². The van der Waals surface area contributed by atoms with Gasteiger partial charge in [0, 0.05) is 0 Å². The first kappa shape index (κ1) is 19.6. The number of carbonyl (C=O) groups is 3. The number of carboxylic acid groups (broad SMARTS) is 3. The molecule has 0 unspecified atom stereocenters. The first-order chi connectivity index (χ1) is 12.5. The summed E-state index contributed by atoms with van der Waals surface area (Å²) in [5, 5.41) is 40.4. The normalized spacial score (nSPS) is 11.7. The molecule has 0 aliphatic heterocycles. The number of rotatable bonds is 8. The molecule has 0 fully saturated rings. The fourth-order valence-electron chi connectivity index (χ4n) is 1.96. The van der Waals surface area contributed by atoms with Crippen LogP contribution in [0.5, 0.6) is 5.88 Å². The van der Waals surface area contributed by atoms with Crippen LogP contribution in [0.25, 0.3) is 0 Å². The molecule has 0 aliphatic rings. The smallest absolute Gasteiger partial charge is 0.416 e. The molecule has 0 spiro atoms. The first-order valence-electron chi connectivity index (χ1n) is 6.80. The number of nitrogens with zero attached hydrogens (tertiary/aromatic N) is 2. The summed E-state index contributed by atoms with van der Waals surface area (Å²) < 4.78 is 33.8. The van der Waals surface area contributed by atoms with Crippen molar-refractivity contribution in [3.63, 3.8) is 0 Å². The van der Waals surface area contributed by atoms with Gasteiger partial charge in [0.1, 0.15) is 6.42 Å². The fourth-order valence-corrected chi connectivity index (χ4v) is 3.24. The Morgan fingerprint density at radius 1 is 1.15 bits per heavy atom. The second-order valence-electron chi connectivity index (χ2n) is 4.97. The Kier molecular flexibility index (Phi) is 5.03. The van der Waals surface area contributed by atoms with Gasteiger partial charge in [-0.3, -0.25) is 9.42 Å². The molecule has 27 heavy (non-hydrogen) atoms. The molecule has 2 aromatic rings. The molecule has 1 heterocycles. The Morgan fingerprint density at radius 3 is 2.19 bits per heavy atom. The second-order valence-corrected chi connectivity index (χ2v) is 6.83. The summed E-state index contributed by atoms with van der Waals surface area (Å²) in [6, 6.07) is 6.29. The molecule has 3 N–H and O–H groups in total. The molecule has 0 atom stereocenters. The van der Waals surface area contributed by atoms with E-state index >= 15 is 0 Å². The largest absolute Gasteiger partial charge is 0.481 e. The Bertz CT molecular complexity index is 983. The van der Waals surface area contributed by atoms with Gasteiger partial charge in [-0.2, -0.15) is 0 Å². The van der Waals surface area contributed by atoms with E-state index in [4.69, 9.17) is 15.3 Å². The average Bonchev–Trinajstić information content (AvgIpc) is 2.95. The van der Waals surface area contributed by atoms with Gasteiger partial charge in [0.15, 0.2) is 0 Å². The second kappa shape index (κ2) is 6.91. The summed E-state index contributed by atoms with van der Waals surface area (Å²) in [5.74, 6) is -7.73. The monoisotopic (exact) mass is 402 g/mol. The molecule has 13 nitrogen and oxygen atoms in total. The van der Waals surface area contributed by atoms with Gasteiger partial charge in [0.2, 0.25) is 0 Å². The van der Waals surface area contributed by atoms with Crippen molar-refractivity contribution in [2.24, 2.45) is 0 Å². The summed E-state index contributed by atoms with van der Waals surface area (Å²) in [6.45, 7) is 0. The lowest BCUT2D eigenvalue weighted by atomic mass is 10.00. The van der Waals surface area contributed by atoms with Gasteiger partial charge >= 0.3 is 34.4 Å². The highest BCUT2D eigenvalue weighted by atomic mass is 32.2. The predicted molar refractivity (Wildman–Crippen MR) is 78.2 cm³/mol. The van der Waals surface area contributed by atoms with Gasteiger partial charge in [-0.05, 0) is 17.0 Å². The van der Waals surface area contributed by atoms with Crippen LogP contribution in [0.3, 0.4) is 0 Å². The van der Waals surface area contributed by atoms with Crippen molar-refractivity contribution in [3.8, 4) is 5.88 Å². The van der Waals surface area contributed by atoms with Crippen molar-refractivity contribution in [1.82, 2.24) is 5.16 Å². The number of aliphatic carboxylic acids is 3. The van der Waals surface area contributed by atoms with E-state index in [-0.39, 0.29) is 0 Å². The zero-order valence-electron chi connectivity index (χ0n) is 13.0. The van der Waals surface area contributed by atoms with Crippen LogP contribution in [0.1, 0.15) is 6.42 Å². The molecule has 144 valence electrons. The van der Waals surface area contributed by atoms with Crippen molar-refractivity contribution < 1.29 is 52.4 Å². The summed E-state index contributed by atoms with van der Waals surface area (Å²) in [6.07, 6.45) is -1.60. The third-order valence-electron chi connectivity index (χ3n) is 3.22. The predicted octanol–water partition coefficient (Wildman–Crippen LogP) is -1.10. The Morgan fingerprint density at radius 2 is 1.70 bits per heavy atom. The third-order valence-corrected chi connectivity index (χ3v) is 4.94. The number of aromatic nitrogens is 2. The SMILES string of the molecule is O=C(O)CC(Oc1no[n+]([O-])c1S(=O)(=O)c1ccccc1)(C(=O)O)C(=O)O. The van der Waals surface area contributed by atoms with Gasteiger partial charge in [0.25, 0.3) is 9.84 Å². The molecule has 2 rings (SSSR count). The maximum absolute atomic E-state index is 12.6. The molecule has 0 aliphatic carbocycles. The average molecular weight is 402 g/mol. The molecule has 1 aromatic heterocycles. The molecule has 14 heteroatoms. The van der Waals surface area contributed by atoms with Gasteiger partial charge < -0.3 is 25.3 Å². The number of sulfone groups is 1. The van der Waals surface area contributed by atoms with Crippen LogP contribution >= 0.6 is 0 Å². The minimum atomic E-state index is -4.67. The van der Waals surface area contributed by atoms with E-state index in [1.54, 1.807) is 0 Å². The van der Waals surface area contributed by atoms with E-state index in [0.717, 1.165) is 12.1 Å². The van der Waals surface area contributed by atoms with Crippen molar-refractivity contribution in [1.29, 1.82) is 0 Å². The van der Waals surface area contributed by atoms with Gasteiger partial charge in [-0.25, -0.2) is 18.0 Å². The van der Waals surface area contributed by atoms with Crippen LogP contribution in [0.4, 0.5) is 0 Å². The molecular formula is C13H10N2O11S. The highest BCUT2D eigenvalue weighted by molar-refractivity contribution is 7.91. The molecule has 0 amide bonds. The van der Waals surface area contributed by atoms with Crippen molar-refractivity contribution >= 4 is 27.7 Å². The molecule has 0 radical (unpaired) electrons. The van der Waals surface area contributed by atoms with E-state index in [1.165, 1.54) is 18.2 Å². The van der Waals surface area contributed by atoms with E-state index in [2.05, 4.69) is 14.5 Å². The number of benzene rings is 1. The Labute approximate surface area is 149 Å². The fraction of sp³-hybridized carbons (Fsp3) is 0.154. The molecule has 0 bridgehead atoms. The standard InChI is InChI=1S/C13H10N2O11S/c16-8(17)6-13(11(18)19,12(20)21)25-9-10(15(22)26-14-9)27(23,24)7-4-2-1-3-5-7/h1-5H,6H2,(H,16,17)(H,18,19)(H,20,21).